The number of hydrogen-bond acceptors (Lipinski definition) is 6. The number of esters is 1. The van der Waals surface area contributed by atoms with Crippen LogP contribution in [0.3, 0.4) is 0 Å². The van der Waals surface area contributed by atoms with Gasteiger partial charge in [0.05, 0.1) is 29.1 Å². The normalized spacial score (nSPS) is 14.3. The van der Waals surface area contributed by atoms with Crippen molar-refractivity contribution in [3.05, 3.63) is 63.9 Å². The van der Waals surface area contributed by atoms with E-state index in [4.69, 9.17) is 21.3 Å². The van der Waals surface area contributed by atoms with Gasteiger partial charge in [-0.05, 0) is 56.5 Å². The molecule has 0 aliphatic carbocycles. The highest BCUT2D eigenvalue weighted by molar-refractivity contribution is 7.99. The maximum absolute atomic E-state index is 13.3. The predicted octanol–water partition coefficient (Wildman–Crippen LogP) is 4.71. The third-order valence-corrected chi connectivity index (χ3v) is 7.31. The van der Waals surface area contributed by atoms with Crippen molar-refractivity contribution in [2.24, 2.45) is 5.92 Å². The Morgan fingerprint density at radius 1 is 1.14 bits per heavy atom. The molecule has 1 amide bonds. The van der Waals surface area contributed by atoms with E-state index in [-0.39, 0.29) is 23.4 Å². The van der Waals surface area contributed by atoms with Crippen LogP contribution in [0.15, 0.2) is 58.5 Å². The van der Waals surface area contributed by atoms with Gasteiger partial charge in [0.15, 0.2) is 5.16 Å². The van der Waals surface area contributed by atoms with Gasteiger partial charge < -0.3 is 9.64 Å². The Labute approximate surface area is 213 Å². The first-order chi connectivity index (χ1) is 17.0. The number of thioether (sulfide) groups is 1. The van der Waals surface area contributed by atoms with Crippen LogP contribution in [0, 0.1) is 5.92 Å². The van der Waals surface area contributed by atoms with Gasteiger partial charge in [-0.2, -0.15) is 0 Å². The molecule has 35 heavy (non-hydrogen) atoms. The molecular weight excluding hydrogens is 486 g/mol. The summed E-state index contributed by atoms with van der Waals surface area (Å²) in [5.74, 6) is 0.448. The topological polar surface area (TPSA) is 81.5 Å². The van der Waals surface area contributed by atoms with Crippen molar-refractivity contribution in [1.29, 1.82) is 0 Å². The molecule has 7 nitrogen and oxygen atoms in total. The molecule has 4 rings (SSSR count). The van der Waals surface area contributed by atoms with Crippen LogP contribution in [0.5, 0.6) is 0 Å². The molecule has 2 aromatic carbocycles. The summed E-state index contributed by atoms with van der Waals surface area (Å²) < 4.78 is 6.68. The van der Waals surface area contributed by atoms with Crippen molar-refractivity contribution >= 4 is 46.1 Å². The van der Waals surface area contributed by atoms with Crippen LogP contribution in [0.2, 0.25) is 5.02 Å². The average molecular weight is 514 g/mol. The number of carbonyl (C=O) groups excluding carboxylic acids is 2. The van der Waals surface area contributed by atoms with E-state index in [0.29, 0.717) is 77.9 Å². The van der Waals surface area contributed by atoms with Crippen molar-refractivity contribution < 1.29 is 14.3 Å². The molecule has 2 heterocycles. The molecule has 0 unspecified atom stereocenters. The van der Waals surface area contributed by atoms with E-state index in [1.54, 1.807) is 35.8 Å². The summed E-state index contributed by atoms with van der Waals surface area (Å²) in [6.07, 6.45) is 2.35. The number of halogens is 1. The second-order valence-electron chi connectivity index (χ2n) is 8.39. The van der Waals surface area contributed by atoms with Crippen LogP contribution in [-0.2, 0) is 14.3 Å². The number of piperidine rings is 1. The van der Waals surface area contributed by atoms with Gasteiger partial charge in [0.2, 0.25) is 5.91 Å². The molecule has 3 aromatic rings. The van der Waals surface area contributed by atoms with E-state index in [9.17, 15) is 14.4 Å². The number of hydrogen-bond donors (Lipinski definition) is 0. The Bertz CT molecular complexity index is 1270. The van der Waals surface area contributed by atoms with Crippen LogP contribution >= 0.6 is 23.4 Å². The first kappa shape index (κ1) is 25.3. The van der Waals surface area contributed by atoms with Gasteiger partial charge in [-0.15, -0.1) is 0 Å². The molecule has 0 bridgehead atoms. The van der Waals surface area contributed by atoms with Crippen LogP contribution in [-0.4, -0.2) is 51.8 Å². The first-order valence-electron chi connectivity index (χ1n) is 11.8. The van der Waals surface area contributed by atoms with E-state index in [1.165, 1.54) is 11.8 Å². The minimum Gasteiger partial charge on any atom is -0.466 e. The summed E-state index contributed by atoms with van der Waals surface area (Å²) in [5, 5.41) is 1.65. The Hall–Kier alpha value is -2.84. The number of ether oxygens (including phenoxy) is 1. The molecule has 1 fully saturated rings. The van der Waals surface area contributed by atoms with E-state index in [1.807, 2.05) is 29.2 Å². The fourth-order valence-corrected chi connectivity index (χ4v) is 5.36. The van der Waals surface area contributed by atoms with Crippen LogP contribution in [0.1, 0.15) is 32.6 Å². The summed E-state index contributed by atoms with van der Waals surface area (Å²) >= 11 is 7.64. The number of aromatic nitrogens is 2. The van der Waals surface area contributed by atoms with Crippen molar-refractivity contribution in [3.63, 3.8) is 0 Å². The van der Waals surface area contributed by atoms with Crippen LogP contribution in [0.4, 0.5) is 0 Å². The lowest BCUT2D eigenvalue weighted by Gasteiger charge is -2.31. The molecule has 0 N–H and O–H groups in total. The lowest BCUT2D eigenvalue weighted by atomic mass is 9.97. The summed E-state index contributed by atoms with van der Waals surface area (Å²) in [5.41, 5.74) is 1.14. The Balaban J connectivity index is 1.40. The number of rotatable bonds is 8. The highest BCUT2D eigenvalue weighted by Crippen LogP contribution is 2.24. The lowest BCUT2D eigenvalue weighted by Crippen LogP contribution is -2.40. The summed E-state index contributed by atoms with van der Waals surface area (Å²) in [6.45, 7) is 3.34. The fourth-order valence-electron chi connectivity index (χ4n) is 4.22. The molecule has 1 saturated heterocycles. The monoisotopic (exact) mass is 513 g/mol. The van der Waals surface area contributed by atoms with E-state index < -0.39 is 0 Å². The smallest absolute Gasteiger partial charge is 0.309 e. The number of carbonyl (C=O) groups is 2. The van der Waals surface area contributed by atoms with Gasteiger partial charge in [-0.1, -0.05) is 41.6 Å². The Kier molecular flexibility index (Phi) is 8.46. The van der Waals surface area contributed by atoms with Gasteiger partial charge in [0.1, 0.15) is 0 Å². The van der Waals surface area contributed by atoms with Crippen LogP contribution in [0.25, 0.3) is 16.6 Å². The van der Waals surface area contributed by atoms with Gasteiger partial charge in [0.25, 0.3) is 5.56 Å². The molecule has 1 aliphatic heterocycles. The average Bonchev–Trinajstić information content (AvgIpc) is 2.87. The standard InChI is InChI=1S/C26H28ClN3O4S/c1-2-34-25(33)18-12-14-29(15-13-18)23(31)11-6-16-35-26-28-22-10-4-3-9-21(22)24(32)30(26)20-8-5-7-19(27)17-20/h3-5,7-10,17-18H,2,6,11-16H2,1H3. The third-order valence-electron chi connectivity index (χ3n) is 6.05. The van der Waals surface area contributed by atoms with Gasteiger partial charge in [-0.3, -0.25) is 19.0 Å². The molecule has 0 spiro atoms. The predicted molar refractivity (Wildman–Crippen MR) is 138 cm³/mol. The zero-order valence-corrected chi connectivity index (χ0v) is 21.2. The SMILES string of the molecule is CCOC(=O)C1CCN(C(=O)CCCSc2nc3ccccc3c(=O)n2-c2cccc(Cl)c2)CC1. The molecule has 9 heteroatoms. The molecule has 0 radical (unpaired) electrons. The van der Waals surface area contributed by atoms with Crippen molar-refractivity contribution in [1.82, 2.24) is 14.5 Å². The van der Waals surface area contributed by atoms with Crippen molar-refractivity contribution in [3.8, 4) is 5.69 Å². The molecule has 0 atom stereocenters. The summed E-state index contributed by atoms with van der Waals surface area (Å²) in [7, 11) is 0. The molecular formula is C26H28ClN3O4S. The first-order valence-corrected chi connectivity index (χ1v) is 13.2. The minimum absolute atomic E-state index is 0.0895. The quantitative estimate of drug-likeness (QED) is 0.188. The van der Waals surface area contributed by atoms with Gasteiger partial charge in [-0.25, -0.2) is 4.98 Å². The molecule has 1 aliphatic rings. The largest absolute Gasteiger partial charge is 0.466 e. The van der Waals surface area contributed by atoms with E-state index in [0.717, 1.165) is 0 Å². The number of likely N-dealkylation sites (tertiary alicyclic amines) is 1. The Morgan fingerprint density at radius 3 is 2.66 bits per heavy atom. The number of fused-ring (bicyclic) bond motifs is 1. The molecule has 0 saturated carbocycles. The maximum atomic E-state index is 13.3. The molecule has 184 valence electrons. The van der Waals surface area contributed by atoms with Crippen molar-refractivity contribution in [2.75, 3.05) is 25.4 Å². The highest BCUT2D eigenvalue weighted by Gasteiger charge is 2.27. The summed E-state index contributed by atoms with van der Waals surface area (Å²) in [6, 6.07) is 14.4. The third kappa shape index (κ3) is 6.05. The number of nitrogens with zero attached hydrogens (tertiary/aromatic N) is 3. The zero-order chi connectivity index (χ0) is 24.8. The number of para-hydroxylation sites is 1. The van der Waals surface area contributed by atoms with E-state index in [2.05, 4.69) is 0 Å². The fraction of sp³-hybridized carbons (Fsp3) is 0.385. The van der Waals surface area contributed by atoms with Gasteiger partial charge in [0, 0.05) is 30.3 Å². The van der Waals surface area contributed by atoms with Crippen molar-refractivity contribution in [2.45, 2.75) is 37.8 Å². The van der Waals surface area contributed by atoms with Crippen LogP contribution < -0.4 is 5.56 Å². The highest BCUT2D eigenvalue weighted by atomic mass is 35.5. The van der Waals surface area contributed by atoms with Gasteiger partial charge >= 0.3 is 5.97 Å². The van der Waals surface area contributed by atoms with E-state index >= 15 is 0 Å². The number of amides is 1. The summed E-state index contributed by atoms with van der Waals surface area (Å²) in [4.78, 5) is 44.4. The Morgan fingerprint density at radius 2 is 1.91 bits per heavy atom. The lowest BCUT2D eigenvalue weighted by molar-refractivity contribution is -0.151. The maximum Gasteiger partial charge on any atom is 0.309 e. The second kappa shape index (κ2) is 11.7. The zero-order valence-electron chi connectivity index (χ0n) is 19.6. The second-order valence-corrected chi connectivity index (χ2v) is 9.89. The number of benzene rings is 2. The minimum atomic E-state index is -0.162. The molecule has 1 aromatic heterocycles.